The Morgan fingerprint density at radius 3 is 2.39 bits per heavy atom. The van der Waals surface area contributed by atoms with Crippen molar-refractivity contribution in [3.8, 4) is 0 Å². The molecular weight excluding hydrogens is 232 g/mol. The van der Waals surface area contributed by atoms with E-state index in [2.05, 4.69) is 13.8 Å². The molecule has 0 aliphatic rings. The normalized spacial score (nSPS) is 12.2. The molecular formula is C14H18O4. The maximum absolute atomic E-state index is 11.8. The molecule has 1 aromatic rings. The molecule has 0 saturated heterocycles. The number of carboxylic acids is 1. The largest absolute Gasteiger partial charge is 0.478 e. The Morgan fingerprint density at radius 2 is 1.83 bits per heavy atom. The Morgan fingerprint density at radius 1 is 1.22 bits per heavy atom. The molecule has 18 heavy (non-hydrogen) atoms. The number of esters is 1. The van der Waals surface area contributed by atoms with E-state index in [4.69, 9.17) is 9.84 Å². The summed E-state index contributed by atoms with van der Waals surface area (Å²) >= 11 is 0. The number of carboxylic acid groups (broad SMARTS) is 1. The van der Waals surface area contributed by atoms with Crippen molar-refractivity contribution in [2.45, 2.75) is 33.3 Å². The van der Waals surface area contributed by atoms with Gasteiger partial charge in [-0.25, -0.2) is 9.59 Å². The van der Waals surface area contributed by atoms with Crippen molar-refractivity contribution in [1.29, 1.82) is 0 Å². The van der Waals surface area contributed by atoms with Gasteiger partial charge in [-0.3, -0.25) is 0 Å². The minimum Gasteiger partial charge on any atom is -0.478 e. The fourth-order valence-corrected chi connectivity index (χ4v) is 1.74. The highest BCUT2D eigenvalue weighted by Crippen LogP contribution is 2.12. The zero-order valence-electron chi connectivity index (χ0n) is 10.8. The Bertz CT molecular complexity index is 437. The minimum absolute atomic E-state index is 0.0842. The molecule has 0 fully saturated rings. The van der Waals surface area contributed by atoms with E-state index in [0.717, 1.165) is 6.42 Å². The molecule has 1 rings (SSSR count). The summed E-state index contributed by atoms with van der Waals surface area (Å²) in [5.74, 6) is -1.09. The zero-order chi connectivity index (χ0) is 13.7. The van der Waals surface area contributed by atoms with Crippen molar-refractivity contribution in [2.75, 3.05) is 0 Å². The van der Waals surface area contributed by atoms with Crippen molar-refractivity contribution < 1.29 is 19.4 Å². The molecule has 1 aromatic carbocycles. The van der Waals surface area contributed by atoms with Crippen LogP contribution in [0.5, 0.6) is 0 Å². The number of hydrogen-bond donors (Lipinski definition) is 1. The molecule has 1 N–H and O–H groups in total. The topological polar surface area (TPSA) is 63.6 Å². The van der Waals surface area contributed by atoms with Crippen LogP contribution in [0.1, 0.15) is 47.9 Å². The Labute approximate surface area is 107 Å². The maximum Gasteiger partial charge on any atom is 0.338 e. The molecule has 4 heteroatoms. The van der Waals surface area contributed by atoms with Gasteiger partial charge in [-0.15, -0.1) is 0 Å². The van der Waals surface area contributed by atoms with E-state index in [1.165, 1.54) is 18.2 Å². The lowest BCUT2D eigenvalue weighted by Gasteiger charge is -2.15. The summed E-state index contributed by atoms with van der Waals surface area (Å²) < 4.78 is 5.25. The van der Waals surface area contributed by atoms with Crippen LogP contribution in [0.2, 0.25) is 0 Å². The average Bonchev–Trinajstić information content (AvgIpc) is 2.27. The van der Waals surface area contributed by atoms with E-state index >= 15 is 0 Å². The Kier molecular flexibility index (Phi) is 4.89. The number of ether oxygens (including phenoxy) is 1. The standard InChI is InChI=1S/C14H18O4/c1-9(2)7-10(3)18-14(17)12-6-4-5-11(8-12)13(15)16/h4-6,8-10H,7H2,1-3H3,(H,15,16). The summed E-state index contributed by atoms with van der Waals surface area (Å²) in [4.78, 5) is 22.6. The average molecular weight is 250 g/mol. The summed E-state index contributed by atoms with van der Waals surface area (Å²) in [6, 6.07) is 5.85. The maximum atomic E-state index is 11.8. The van der Waals surface area contributed by atoms with Gasteiger partial charge in [0.05, 0.1) is 17.2 Å². The summed E-state index contributed by atoms with van der Waals surface area (Å²) in [7, 11) is 0. The zero-order valence-corrected chi connectivity index (χ0v) is 10.8. The van der Waals surface area contributed by atoms with E-state index in [1.54, 1.807) is 6.07 Å². The van der Waals surface area contributed by atoms with Gasteiger partial charge < -0.3 is 9.84 Å². The molecule has 0 spiro atoms. The lowest BCUT2D eigenvalue weighted by molar-refractivity contribution is 0.0299. The number of carbonyl (C=O) groups is 2. The van der Waals surface area contributed by atoms with Gasteiger partial charge in [-0.1, -0.05) is 19.9 Å². The number of aromatic carboxylic acids is 1. The van der Waals surface area contributed by atoms with Crippen molar-refractivity contribution in [3.63, 3.8) is 0 Å². The minimum atomic E-state index is -1.06. The second-order valence-corrected chi connectivity index (χ2v) is 4.73. The lowest BCUT2D eigenvalue weighted by atomic mass is 10.1. The van der Waals surface area contributed by atoms with E-state index in [1.807, 2.05) is 6.92 Å². The van der Waals surface area contributed by atoms with Gasteiger partial charge in [-0.2, -0.15) is 0 Å². The third-order valence-electron chi connectivity index (χ3n) is 2.46. The molecule has 0 radical (unpaired) electrons. The van der Waals surface area contributed by atoms with E-state index < -0.39 is 11.9 Å². The summed E-state index contributed by atoms with van der Waals surface area (Å²) in [6.45, 7) is 5.93. The first-order valence-electron chi connectivity index (χ1n) is 5.94. The molecule has 0 aromatic heterocycles. The number of benzene rings is 1. The fraction of sp³-hybridized carbons (Fsp3) is 0.429. The predicted molar refractivity (Wildman–Crippen MR) is 67.7 cm³/mol. The van der Waals surface area contributed by atoms with Gasteiger partial charge in [0.15, 0.2) is 0 Å². The highest BCUT2D eigenvalue weighted by atomic mass is 16.5. The molecule has 0 aliphatic carbocycles. The van der Waals surface area contributed by atoms with Crippen molar-refractivity contribution in [2.24, 2.45) is 5.92 Å². The molecule has 98 valence electrons. The molecule has 0 bridgehead atoms. The van der Waals surface area contributed by atoms with Crippen LogP contribution in [0.4, 0.5) is 0 Å². The van der Waals surface area contributed by atoms with Crippen LogP contribution in [0, 0.1) is 5.92 Å². The van der Waals surface area contributed by atoms with Gasteiger partial charge in [-0.05, 0) is 37.5 Å². The van der Waals surface area contributed by atoms with Crippen molar-refractivity contribution in [1.82, 2.24) is 0 Å². The predicted octanol–water partition coefficient (Wildman–Crippen LogP) is 2.98. The highest BCUT2D eigenvalue weighted by molar-refractivity contribution is 5.94. The Hall–Kier alpha value is -1.84. The van der Waals surface area contributed by atoms with Gasteiger partial charge in [0.2, 0.25) is 0 Å². The van der Waals surface area contributed by atoms with E-state index in [-0.39, 0.29) is 17.2 Å². The van der Waals surface area contributed by atoms with Crippen LogP contribution in [0.3, 0.4) is 0 Å². The summed E-state index contributed by atoms with van der Waals surface area (Å²) in [6.07, 6.45) is 0.607. The van der Waals surface area contributed by atoms with Crippen molar-refractivity contribution >= 4 is 11.9 Å². The van der Waals surface area contributed by atoms with Crippen LogP contribution in [-0.2, 0) is 4.74 Å². The summed E-state index contributed by atoms with van der Waals surface area (Å²) in [5.41, 5.74) is 0.353. The number of rotatable bonds is 5. The first-order valence-corrected chi connectivity index (χ1v) is 5.94. The van der Waals surface area contributed by atoms with Crippen LogP contribution in [-0.4, -0.2) is 23.1 Å². The fourth-order valence-electron chi connectivity index (χ4n) is 1.74. The Balaban J connectivity index is 2.72. The molecule has 1 unspecified atom stereocenters. The van der Waals surface area contributed by atoms with Crippen LogP contribution in [0.25, 0.3) is 0 Å². The smallest absolute Gasteiger partial charge is 0.338 e. The third-order valence-corrected chi connectivity index (χ3v) is 2.46. The van der Waals surface area contributed by atoms with Crippen LogP contribution in [0.15, 0.2) is 24.3 Å². The monoisotopic (exact) mass is 250 g/mol. The quantitative estimate of drug-likeness (QED) is 0.816. The van der Waals surface area contributed by atoms with Gasteiger partial charge >= 0.3 is 11.9 Å². The van der Waals surface area contributed by atoms with Crippen LogP contribution < -0.4 is 0 Å². The number of hydrogen-bond acceptors (Lipinski definition) is 3. The first kappa shape index (κ1) is 14.2. The van der Waals surface area contributed by atoms with Gasteiger partial charge in [0.1, 0.15) is 0 Å². The molecule has 0 heterocycles. The highest BCUT2D eigenvalue weighted by Gasteiger charge is 2.14. The van der Waals surface area contributed by atoms with E-state index in [9.17, 15) is 9.59 Å². The second-order valence-electron chi connectivity index (χ2n) is 4.73. The van der Waals surface area contributed by atoms with Gasteiger partial charge in [0.25, 0.3) is 0 Å². The molecule has 4 nitrogen and oxygen atoms in total. The lowest BCUT2D eigenvalue weighted by Crippen LogP contribution is -2.17. The third kappa shape index (κ3) is 4.20. The molecule has 0 amide bonds. The molecule has 0 saturated carbocycles. The molecule has 1 atom stereocenters. The van der Waals surface area contributed by atoms with Crippen molar-refractivity contribution in [3.05, 3.63) is 35.4 Å². The van der Waals surface area contributed by atoms with Crippen LogP contribution >= 0.6 is 0 Å². The first-order chi connectivity index (χ1) is 8.40. The second kappa shape index (κ2) is 6.19. The number of carbonyl (C=O) groups excluding carboxylic acids is 1. The van der Waals surface area contributed by atoms with E-state index in [0.29, 0.717) is 5.92 Å². The van der Waals surface area contributed by atoms with Gasteiger partial charge in [0, 0.05) is 0 Å². The SMILES string of the molecule is CC(C)CC(C)OC(=O)c1cccc(C(=O)O)c1. The summed E-state index contributed by atoms with van der Waals surface area (Å²) in [5, 5.41) is 8.84. The molecule has 0 aliphatic heterocycles.